The fraction of sp³-hybridized carbons (Fsp3) is 0.273. The Bertz CT molecular complexity index is 1760. The van der Waals surface area contributed by atoms with Crippen LogP contribution in [0.2, 0.25) is 0 Å². The molecule has 5 rings (SSSR count). The molecule has 0 amide bonds. The second kappa shape index (κ2) is 14.1. The Balaban J connectivity index is 0.000000488. The van der Waals surface area contributed by atoms with E-state index in [0.717, 1.165) is 52.2 Å². The molecular formula is C33H36F3N7O. The molecule has 3 heterocycles. The number of rotatable bonds is 9. The number of alkyl halides is 3. The number of halogens is 3. The van der Waals surface area contributed by atoms with E-state index in [9.17, 15) is 18.0 Å². The fourth-order valence-corrected chi connectivity index (χ4v) is 4.62. The molecule has 11 heteroatoms. The Morgan fingerprint density at radius 2 is 1.84 bits per heavy atom. The summed E-state index contributed by atoms with van der Waals surface area (Å²) in [6, 6.07) is 16.8. The number of carbonyl (C=O) groups excluding carboxylic acids is 1. The maximum Gasteiger partial charge on any atom is 0.433 e. The van der Waals surface area contributed by atoms with E-state index >= 15 is 0 Å². The van der Waals surface area contributed by atoms with Crippen LogP contribution in [-0.2, 0) is 17.5 Å². The van der Waals surface area contributed by atoms with Gasteiger partial charge in [0.05, 0.1) is 11.9 Å². The van der Waals surface area contributed by atoms with Crippen LogP contribution >= 0.6 is 0 Å². The summed E-state index contributed by atoms with van der Waals surface area (Å²) in [5.74, 6) is 0.200. The molecule has 5 aromatic rings. The zero-order valence-electron chi connectivity index (χ0n) is 25.4. The Labute approximate surface area is 254 Å². The Morgan fingerprint density at radius 1 is 1.07 bits per heavy atom. The number of allylic oxidation sites excluding steroid dienone is 1. The summed E-state index contributed by atoms with van der Waals surface area (Å²) in [5, 5.41) is 12.7. The minimum Gasteiger partial charge on any atom is -0.388 e. The highest BCUT2D eigenvalue weighted by Gasteiger charge is 2.34. The van der Waals surface area contributed by atoms with E-state index < -0.39 is 11.9 Å². The average molecular weight is 604 g/mol. The maximum absolute atomic E-state index is 13.7. The molecule has 0 atom stereocenters. The van der Waals surface area contributed by atoms with E-state index in [-0.39, 0.29) is 23.9 Å². The highest BCUT2D eigenvalue weighted by Crippen LogP contribution is 2.33. The summed E-state index contributed by atoms with van der Waals surface area (Å²) < 4.78 is 42.4. The first-order valence-electron chi connectivity index (χ1n) is 14.1. The lowest BCUT2D eigenvalue weighted by Gasteiger charge is -2.15. The van der Waals surface area contributed by atoms with Crippen LogP contribution in [0.3, 0.4) is 0 Å². The lowest BCUT2D eigenvalue weighted by molar-refractivity contribution is -0.141. The normalized spacial score (nSPS) is 11.8. The Kier molecular flexibility index (Phi) is 10.3. The molecule has 0 bridgehead atoms. The molecule has 2 aromatic carbocycles. The van der Waals surface area contributed by atoms with E-state index in [2.05, 4.69) is 31.8 Å². The van der Waals surface area contributed by atoms with Crippen molar-refractivity contribution in [3.63, 3.8) is 0 Å². The van der Waals surface area contributed by atoms with Crippen molar-refractivity contribution in [2.45, 2.75) is 32.5 Å². The number of aromatic nitrogens is 4. The third kappa shape index (κ3) is 7.59. The first-order chi connectivity index (χ1) is 21.0. The molecule has 0 radical (unpaired) electrons. The summed E-state index contributed by atoms with van der Waals surface area (Å²) in [6.07, 6.45) is 2.86. The van der Waals surface area contributed by atoms with Crippen molar-refractivity contribution < 1.29 is 18.0 Å². The fourth-order valence-electron chi connectivity index (χ4n) is 4.62. The van der Waals surface area contributed by atoms with Gasteiger partial charge in [-0.15, -0.1) is 0 Å². The van der Waals surface area contributed by atoms with E-state index in [0.29, 0.717) is 5.56 Å². The highest BCUT2D eigenvalue weighted by atomic mass is 19.4. The van der Waals surface area contributed by atoms with Crippen LogP contribution in [0.4, 0.5) is 24.7 Å². The molecule has 8 nitrogen and oxygen atoms in total. The number of aldehydes is 1. The molecule has 0 aliphatic rings. The zero-order chi connectivity index (χ0) is 31.9. The lowest BCUT2D eigenvalue weighted by Crippen LogP contribution is -2.14. The molecule has 2 N–H and O–H groups in total. The largest absolute Gasteiger partial charge is 0.433 e. The summed E-state index contributed by atoms with van der Waals surface area (Å²) in [5.41, 5.74) is 3.50. The van der Waals surface area contributed by atoms with Crippen LogP contribution in [0.5, 0.6) is 0 Å². The molecule has 0 fully saturated rings. The van der Waals surface area contributed by atoms with Crippen LogP contribution in [0.25, 0.3) is 27.7 Å². The number of carbonyl (C=O) groups is 1. The molecule has 0 saturated heterocycles. The SMILES string of the molecule is CN(C)C/C=C/C=O.CNc1ccc2c(-c3ccccc3CNc3cc(C(F)(F)F)nc4c(C(C)C)cnn34)nccc2c1. The van der Waals surface area contributed by atoms with E-state index in [1.165, 1.54) is 10.6 Å². The van der Waals surface area contributed by atoms with Gasteiger partial charge in [-0.2, -0.15) is 22.8 Å². The Morgan fingerprint density at radius 3 is 2.52 bits per heavy atom. The highest BCUT2D eigenvalue weighted by molar-refractivity contribution is 5.96. The first-order valence-corrected chi connectivity index (χ1v) is 14.1. The van der Waals surface area contributed by atoms with Crippen molar-refractivity contribution >= 4 is 34.2 Å². The topological polar surface area (TPSA) is 87.5 Å². The van der Waals surface area contributed by atoms with Crippen molar-refractivity contribution in [1.29, 1.82) is 0 Å². The van der Waals surface area contributed by atoms with Crippen LogP contribution in [0.15, 0.2) is 79.1 Å². The van der Waals surface area contributed by atoms with Gasteiger partial charge in [-0.25, -0.2) is 4.98 Å². The van der Waals surface area contributed by atoms with Gasteiger partial charge < -0.3 is 15.5 Å². The molecular weight excluding hydrogens is 567 g/mol. The van der Waals surface area contributed by atoms with Gasteiger partial charge in [0.15, 0.2) is 11.3 Å². The smallest absolute Gasteiger partial charge is 0.388 e. The second-order valence-corrected chi connectivity index (χ2v) is 10.7. The minimum absolute atomic E-state index is 0.0204. The van der Waals surface area contributed by atoms with Gasteiger partial charge in [0.2, 0.25) is 0 Å². The number of hydrogen-bond acceptors (Lipinski definition) is 7. The van der Waals surface area contributed by atoms with Gasteiger partial charge >= 0.3 is 6.18 Å². The summed E-state index contributed by atoms with van der Waals surface area (Å²) in [4.78, 5) is 20.2. The van der Waals surface area contributed by atoms with Gasteiger partial charge in [-0.1, -0.05) is 50.3 Å². The molecule has 0 saturated carbocycles. The number of pyridine rings is 1. The number of hydrogen-bond donors (Lipinski definition) is 2. The molecule has 3 aromatic heterocycles. The summed E-state index contributed by atoms with van der Waals surface area (Å²) in [6.45, 7) is 4.91. The lowest BCUT2D eigenvalue weighted by atomic mass is 9.99. The van der Waals surface area contributed by atoms with Crippen LogP contribution in [0.1, 0.15) is 36.6 Å². The van der Waals surface area contributed by atoms with E-state index in [4.69, 9.17) is 0 Å². The predicted molar refractivity (Wildman–Crippen MR) is 170 cm³/mol. The quantitative estimate of drug-likeness (QED) is 0.138. The summed E-state index contributed by atoms with van der Waals surface area (Å²) in [7, 11) is 5.78. The predicted octanol–water partition coefficient (Wildman–Crippen LogP) is 7.04. The monoisotopic (exact) mass is 603 g/mol. The van der Waals surface area contributed by atoms with Crippen molar-refractivity contribution in [2.24, 2.45) is 0 Å². The van der Waals surface area contributed by atoms with Crippen molar-refractivity contribution in [2.75, 3.05) is 38.3 Å². The number of nitrogens with one attached hydrogen (secondary N) is 2. The van der Waals surface area contributed by atoms with Gasteiger partial charge in [0, 0.05) is 54.6 Å². The number of benzene rings is 2. The number of fused-ring (bicyclic) bond motifs is 2. The van der Waals surface area contributed by atoms with Crippen molar-refractivity contribution in [3.05, 3.63) is 96.0 Å². The minimum atomic E-state index is -4.58. The molecule has 0 aliphatic heterocycles. The number of nitrogens with zero attached hydrogens (tertiary/aromatic N) is 5. The van der Waals surface area contributed by atoms with Crippen molar-refractivity contribution in [3.8, 4) is 11.3 Å². The number of likely N-dealkylation sites (N-methyl/N-ethyl adjacent to an activating group) is 1. The van der Waals surface area contributed by atoms with Crippen molar-refractivity contribution in [1.82, 2.24) is 24.5 Å². The average Bonchev–Trinajstić information content (AvgIpc) is 3.44. The maximum atomic E-state index is 13.7. The third-order valence-electron chi connectivity index (χ3n) is 6.88. The molecule has 0 spiro atoms. The molecule has 44 heavy (non-hydrogen) atoms. The molecule has 0 aliphatic carbocycles. The zero-order valence-corrected chi connectivity index (χ0v) is 25.4. The second-order valence-electron chi connectivity index (χ2n) is 10.7. The third-order valence-corrected chi connectivity index (χ3v) is 6.88. The molecule has 0 unspecified atom stereocenters. The molecule has 230 valence electrons. The van der Waals surface area contributed by atoms with E-state index in [1.807, 2.05) is 88.4 Å². The number of anilines is 2. The van der Waals surface area contributed by atoms with Gasteiger partial charge in [0.1, 0.15) is 12.1 Å². The first kappa shape index (κ1) is 32.2. The Hall–Kier alpha value is -4.77. The van der Waals surface area contributed by atoms with Gasteiger partial charge in [-0.3, -0.25) is 9.78 Å². The van der Waals surface area contributed by atoms with Crippen LogP contribution in [-0.4, -0.2) is 58.5 Å². The van der Waals surface area contributed by atoms with Crippen LogP contribution in [0, 0.1) is 0 Å². The van der Waals surface area contributed by atoms with E-state index in [1.54, 1.807) is 12.4 Å². The van der Waals surface area contributed by atoms with Gasteiger partial charge in [-0.05, 0) is 55.2 Å². The standard InChI is InChI=1S/C27H25F3N6.C6H11NO/c1-16(2)22-15-34-36-24(13-23(27(28,29)30)35-26(22)36)33-14-18-6-4-5-7-20(18)25-21-9-8-19(31-3)12-17(21)10-11-32-25;1-7(2)5-3-4-6-8/h4-13,15-16,31,33H,14H2,1-3H3;3-4,6H,5H2,1-2H3/b;4-3+. The van der Waals surface area contributed by atoms with Crippen LogP contribution < -0.4 is 10.6 Å². The van der Waals surface area contributed by atoms with Gasteiger partial charge in [0.25, 0.3) is 0 Å². The summed E-state index contributed by atoms with van der Waals surface area (Å²) >= 11 is 0.